The Morgan fingerprint density at radius 1 is 1.21 bits per heavy atom. The SMILES string of the molecule is Cc1cc(OC2CCN(C(C)c3nc4c(cc3F)OCCO4)CC2)cc(C#N)n1. The molecule has 0 radical (unpaired) electrons. The highest BCUT2D eigenvalue weighted by Crippen LogP contribution is 2.34. The first-order valence-corrected chi connectivity index (χ1v) is 9.79. The lowest BCUT2D eigenvalue weighted by Crippen LogP contribution is -2.40. The van der Waals surface area contributed by atoms with Crippen LogP contribution in [0.5, 0.6) is 17.4 Å². The normalized spacial score (nSPS) is 18.1. The third kappa shape index (κ3) is 4.25. The van der Waals surface area contributed by atoms with E-state index >= 15 is 0 Å². The molecule has 1 saturated heterocycles. The molecule has 0 aromatic carbocycles. The number of hydrogen-bond donors (Lipinski definition) is 0. The summed E-state index contributed by atoms with van der Waals surface area (Å²) in [4.78, 5) is 10.7. The molecule has 0 bridgehead atoms. The number of fused-ring (bicyclic) bond motifs is 1. The minimum absolute atomic E-state index is 0.0462. The second kappa shape index (κ2) is 8.21. The molecule has 0 aliphatic carbocycles. The van der Waals surface area contributed by atoms with E-state index < -0.39 is 0 Å². The molecule has 4 heterocycles. The van der Waals surface area contributed by atoms with Gasteiger partial charge in [-0.25, -0.2) is 14.4 Å². The molecule has 1 unspecified atom stereocenters. The van der Waals surface area contributed by atoms with Crippen molar-refractivity contribution in [3.63, 3.8) is 0 Å². The van der Waals surface area contributed by atoms with Gasteiger partial charge in [-0.05, 0) is 26.7 Å². The molecule has 0 spiro atoms. The number of ether oxygens (including phenoxy) is 3. The molecule has 8 heteroatoms. The Kier molecular flexibility index (Phi) is 5.49. The summed E-state index contributed by atoms with van der Waals surface area (Å²) in [5, 5.41) is 9.06. The number of halogens is 1. The topological polar surface area (TPSA) is 80.5 Å². The third-order valence-electron chi connectivity index (χ3n) is 5.28. The maximum Gasteiger partial charge on any atom is 0.257 e. The number of piperidine rings is 1. The van der Waals surface area contributed by atoms with Gasteiger partial charge in [-0.3, -0.25) is 4.90 Å². The number of nitrogens with zero attached hydrogens (tertiary/aromatic N) is 4. The van der Waals surface area contributed by atoms with Crippen molar-refractivity contribution in [3.05, 3.63) is 41.1 Å². The maximum absolute atomic E-state index is 14.6. The molecule has 1 fully saturated rings. The number of aromatic nitrogens is 2. The van der Waals surface area contributed by atoms with Gasteiger partial charge in [-0.2, -0.15) is 5.26 Å². The highest BCUT2D eigenvalue weighted by molar-refractivity contribution is 5.37. The summed E-state index contributed by atoms with van der Waals surface area (Å²) >= 11 is 0. The summed E-state index contributed by atoms with van der Waals surface area (Å²) in [6, 6.07) is 6.73. The predicted octanol–water partition coefficient (Wildman–Crippen LogP) is 3.17. The smallest absolute Gasteiger partial charge is 0.257 e. The van der Waals surface area contributed by atoms with Gasteiger partial charge in [-0.1, -0.05) is 0 Å². The molecule has 7 nitrogen and oxygen atoms in total. The van der Waals surface area contributed by atoms with Gasteiger partial charge in [0.15, 0.2) is 5.75 Å². The standard InChI is InChI=1S/C21H23FN4O3/c1-13-9-17(10-15(12-23)24-13)29-16-3-5-26(6-4-16)14(2)20-18(22)11-19-21(25-20)28-8-7-27-19/h9-11,14,16H,3-8H2,1-2H3. The zero-order valence-electron chi connectivity index (χ0n) is 16.5. The number of likely N-dealkylation sites (tertiary alicyclic amines) is 1. The van der Waals surface area contributed by atoms with Crippen LogP contribution in [-0.4, -0.2) is 47.3 Å². The van der Waals surface area contributed by atoms with E-state index in [-0.39, 0.29) is 18.0 Å². The third-order valence-corrected chi connectivity index (χ3v) is 5.28. The molecule has 0 N–H and O–H groups in total. The Morgan fingerprint density at radius 2 is 1.97 bits per heavy atom. The molecule has 152 valence electrons. The molecule has 0 amide bonds. The molecule has 4 rings (SSSR count). The van der Waals surface area contributed by atoms with Gasteiger partial charge in [0.2, 0.25) is 0 Å². The summed E-state index contributed by atoms with van der Waals surface area (Å²) in [5.74, 6) is 1.01. The van der Waals surface area contributed by atoms with Crippen molar-refractivity contribution >= 4 is 0 Å². The zero-order chi connectivity index (χ0) is 20.4. The Labute approximate surface area is 169 Å². The highest BCUT2D eigenvalue weighted by atomic mass is 19.1. The van der Waals surface area contributed by atoms with E-state index in [1.54, 1.807) is 6.07 Å². The van der Waals surface area contributed by atoms with E-state index in [9.17, 15) is 4.39 Å². The molecule has 2 aliphatic rings. The highest BCUT2D eigenvalue weighted by Gasteiger charge is 2.29. The van der Waals surface area contributed by atoms with Crippen LogP contribution in [0, 0.1) is 24.1 Å². The number of hydrogen-bond acceptors (Lipinski definition) is 7. The first kappa shape index (κ1) is 19.4. The lowest BCUT2D eigenvalue weighted by atomic mass is 10.0. The van der Waals surface area contributed by atoms with Crippen LogP contribution < -0.4 is 14.2 Å². The Morgan fingerprint density at radius 3 is 2.72 bits per heavy atom. The van der Waals surface area contributed by atoms with Crippen molar-refractivity contribution in [2.45, 2.75) is 38.8 Å². The van der Waals surface area contributed by atoms with Crippen LogP contribution in [0.2, 0.25) is 0 Å². The maximum atomic E-state index is 14.6. The zero-order valence-corrected chi connectivity index (χ0v) is 16.5. The Balaban J connectivity index is 1.40. The van der Waals surface area contributed by atoms with E-state index in [0.717, 1.165) is 31.6 Å². The van der Waals surface area contributed by atoms with Crippen molar-refractivity contribution in [2.24, 2.45) is 0 Å². The lowest BCUT2D eigenvalue weighted by molar-refractivity contribution is 0.0768. The van der Waals surface area contributed by atoms with E-state index in [0.29, 0.717) is 42.0 Å². The van der Waals surface area contributed by atoms with Gasteiger partial charge in [-0.15, -0.1) is 0 Å². The fraction of sp³-hybridized carbons (Fsp3) is 0.476. The molecular formula is C21H23FN4O3. The number of rotatable bonds is 4. The van der Waals surface area contributed by atoms with Crippen LogP contribution >= 0.6 is 0 Å². The Hall–Kier alpha value is -2.92. The van der Waals surface area contributed by atoms with Gasteiger partial charge in [0.1, 0.15) is 42.6 Å². The number of aryl methyl sites for hydroxylation is 1. The van der Waals surface area contributed by atoms with Gasteiger partial charge in [0.05, 0.1) is 11.7 Å². The molecular weight excluding hydrogens is 375 g/mol. The molecule has 0 saturated carbocycles. The van der Waals surface area contributed by atoms with E-state index in [1.165, 1.54) is 6.07 Å². The largest absolute Gasteiger partial charge is 0.490 e. The molecule has 1 atom stereocenters. The summed E-state index contributed by atoms with van der Waals surface area (Å²) in [6.07, 6.45) is 1.66. The number of pyridine rings is 2. The molecule has 2 aromatic rings. The van der Waals surface area contributed by atoms with Crippen molar-refractivity contribution in [2.75, 3.05) is 26.3 Å². The van der Waals surface area contributed by atoms with E-state index in [1.807, 2.05) is 19.9 Å². The van der Waals surface area contributed by atoms with Gasteiger partial charge in [0.25, 0.3) is 5.88 Å². The van der Waals surface area contributed by atoms with Crippen LogP contribution in [-0.2, 0) is 0 Å². The van der Waals surface area contributed by atoms with Gasteiger partial charge < -0.3 is 14.2 Å². The van der Waals surface area contributed by atoms with Crippen LogP contribution in [0.4, 0.5) is 4.39 Å². The molecule has 2 aromatic heterocycles. The fourth-order valence-corrected chi connectivity index (χ4v) is 3.77. The summed E-state index contributed by atoms with van der Waals surface area (Å²) in [7, 11) is 0. The van der Waals surface area contributed by atoms with Crippen LogP contribution in [0.1, 0.15) is 42.9 Å². The minimum atomic E-state index is -0.378. The lowest BCUT2D eigenvalue weighted by Gasteiger charge is -2.36. The van der Waals surface area contributed by atoms with Crippen molar-refractivity contribution < 1.29 is 18.6 Å². The molecule has 29 heavy (non-hydrogen) atoms. The second-order valence-electron chi connectivity index (χ2n) is 7.33. The van der Waals surface area contributed by atoms with Gasteiger partial charge in [0, 0.05) is 37.0 Å². The van der Waals surface area contributed by atoms with E-state index in [2.05, 4.69) is 20.9 Å². The first-order chi connectivity index (χ1) is 14.0. The van der Waals surface area contributed by atoms with Crippen LogP contribution in [0.25, 0.3) is 0 Å². The predicted molar refractivity (Wildman–Crippen MR) is 103 cm³/mol. The summed E-state index contributed by atoms with van der Waals surface area (Å²) < 4.78 is 31.5. The monoisotopic (exact) mass is 398 g/mol. The average Bonchev–Trinajstić information content (AvgIpc) is 2.73. The van der Waals surface area contributed by atoms with Crippen molar-refractivity contribution in [3.8, 4) is 23.4 Å². The van der Waals surface area contributed by atoms with Crippen LogP contribution in [0.15, 0.2) is 18.2 Å². The van der Waals surface area contributed by atoms with Crippen molar-refractivity contribution in [1.82, 2.24) is 14.9 Å². The quantitative estimate of drug-likeness (QED) is 0.782. The van der Waals surface area contributed by atoms with Crippen LogP contribution in [0.3, 0.4) is 0 Å². The summed E-state index contributed by atoms with van der Waals surface area (Å²) in [6.45, 7) is 6.14. The first-order valence-electron chi connectivity index (χ1n) is 9.79. The molecule has 2 aliphatic heterocycles. The average molecular weight is 398 g/mol. The van der Waals surface area contributed by atoms with E-state index in [4.69, 9.17) is 19.5 Å². The number of nitriles is 1. The Bertz CT molecular complexity index is 938. The minimum Gasteiger partial charge on any atom is -0.490 e. The van der Waals surface area contributed by atoms with Crippen molar-refractivity contribution in [1.29, 1.82) is 5.26 Å². The summed E-state index contributed by atoms with van der Waals surface area (Å²) in [5.41, 5.74) is 1.48. The van der Waals surface area contributed by atoms with Gasteiger partial charge >= 0.3 is 0 Å². The second-order valence-corrected chi connectivity index (χ2v) is 7.33. The fourth-order valence-electron chi connectivity index (χ4n) is 3.77.